The second kappa shape index (κ2) is 59.3. The standard InChI is InChI=1S/3CNS.Sc/c3*2-1-3;/q3*-1;+3. The quantitative estimate of drug-likeness (QED) is 0.462. The molecule has 0 atom stereocenters. The fraction of sp³-hybridized carbons (Fsp3) is 0. The van der Waals surface area contributed by atoms with Crippen LogP contribution >= 0.6 is 36.7 Å². The van der Waals surface area contributed by atoms with Crippen LogP contribution < -0.4 is 0 Å². The van der Waals surface area contributed by atoms with Crippen LogP contribution in [0.2, 0.25) is 0 Å². The zero-order valence-electron chi connectivity index (χ0n) is 4.64. The Kier molecular flexibility index (Phi) is 133. The van der Waals surface area contributed by atoms with Crippen molar-refractivity contribution in [1.29, 1.82) is 0 Å². The number of isothiocyanates is 3. The first-order valence-corrected chi connectivity index (χ1v) is 2.51. The number of nitrogens with zero attached hydrogens (tertiary/aromatic N) is 3. The third kappa shape index (κ3) is 5990. The second-order valence-electron chi connectivity index (χ2n) is 0.274. The minimum atomic E-state index is 0. The molecule has 0 aliphatic carbocycles. The predicted octanol–water partition coefficient (Wildman–Crippen LogP) is 1.97. The van der Waals surface area contributed by atoms with E-state index in [2.05, 4.69) is 36.7 Å². The fourth-order valence-corrected chi connectivity index (χ4v) is 0. The van der Waals surface area contributed by atoms with E-state index in [1.807, 2.05) is 0 Å². The molecule has 0 aromatic heterocycles. The first kappa shape index (κ1) is 22.4. The average molecular weight is 219 g/mol. The van der Waals surface area contributed by atoms with E-state index in [1.165, 1.54) is 15.5 Å². The van der Waals surface area contributed by atoms with Crippen LogP contribution in [0, 0.1) is 0 Å². The third-order valence-electron chi connectivity index (χ3n) is 0. The van der Waals surface area contributed by atoms with E-state index in [-0.39, 0.29) is 25.8 Å². The molecule has 0 unspecified atom stereocenters. The first-order chi connectivity index (χ1) is 4.24. The van der Waals surface area contributed by atoms with E-state index < -0.39 is 0 Å². The molecule has 0 spiro atoms. The monoisotopic (exact) mass is 219 g/mol. The second-order valence-corrected chi connectivity index (χ2v) is 0.822. The molecular formula is C3N3S3Sc. The molecule has 0 saturated heterocycles. The van der Waals surface area contributed by atoms with Crippen molar-refractivity contribution < 1.29 is 25.8 Å². The summed E-state index contributed by atoms with van der Waals surface area (Å²) < 4.78 is 0. The summed E-state index contributed by atoms with van der Waals surface area (Å²) in [6.45, 7) is 0. The van der Waals surface area contributed by atoms with E-state index >= 15 is 0 Å². The van der Waals surface area contributed by atoms with Crippen LogP contribution in [0.25, 0.3) is 16.2 Å². The molecule has 48 valence electrons. The van der Waals surface area contributed by atoms with Crippen molar-refractivity contribution >= 4 is 52.1 Å². The Hall–Kier alpha value is 0.270. The molecule has 0 radical (unpaired) electrons. The predicted molar refractivity (Wildman–Crippen MR) is 47.9 cm³/mol. The largest absolute Gasteiger partial charge is 3.00 e. The summed E-state index contributed by atoms with van der Waals surface area (Å²) in [6, 6.07) is 0. The van der Waals surface area contributed by atoms with E-state index in [9.17, 15) is 0 Å². The van der Waals surface area contributed by atoms with Crippen molar-refractivity contribution in [2.75, 3.05) is 0 Å². The van der Waals surface area contributed by atoms with Crippen molar-refractivity contribution in [3.8, 4) is 0 Å². The van der Waals surface area contributed by atoms with Gasteiger partial charge >= 0.3 is 25.8 Å². The maximum absolute atomic E-state index is 7.13. The van der Waals surface area contributed by atoms with Gasteiger partial charge in [0.1, 0.15) is 0 Å². The van der Waals surface area contributed by atoms with Gasteiger partial charge in [0, 0.05) is 0 Å². The zero-order valence-corrected chi connectivity index (χ0v) is 8.90. The Labute approximate surface area is 93.5 Å². The Morgan fingerprint density at radius 2 is 0.700 bits per heavy atom. The molecule has 0 aliphatic rings. The van der Waals surface area contributed by atoms with Crippen molar-refractivity contribution in [2.24, 2.45) is 0 Å². The molecule has 7 heteroatoms. The van der Waals surface area contributed by atoms with Crippen LogP contribution in [-0.4, -0.2) is 15.5 Å². The van der Waals surface area contributed by atoms with Gasteiger partial charge in [0.25, 0.3) is 0 Å². The Morgan fingerprint density at radius 1 is 0.700 bits per heavy atom. The molecule has 0 aliphatic heterocycles. The van der Waals surface area contributed by atoms with Gasteiger partial charge in [0.2, 0.25) is 0 Å². The van der Waals surface area contributed by atoms with Crippen LogP contribution in [0.1, 0.15) is 0 Å². The number of hydrogen-bond donors (Lipinski definition) is 0. The molecular weight excluding hydrogens is 219 g/mol. The molecule has 0 rings (SSSR count). The maximum atomic E-state index is 7.13. The minimum absolute atomic E-state index is 0. The maximum Gasteiger partial charge on any atom is 3.00 e. The van der Waals surface area contributed by atoms with Gasteiger partial charge in [-0.2, -0.15) is 15.5 Å². The van der Waals surface area contributed by atoms with Crippen LogP contribution in [0.4, 0.5) is 0 Å². The molecule has 10 heavy (non-hydrogen) atoms. The van der Waals surface area contributed by atoms with Gasteiger partial charge in [-0.25, -0.2) is 0 Å². The fourth-order valence-electron chi connectivity index (χ4n) is 0. The number of hydrogen-bond acceptors (Lipinski definition) is 3. The molecule has 0 aromatic rings. The van der Waals surface area contributed by atoms with Gasteiger partial charge in [-0.05, 0) is 0 Å². The molecule has 0 saturated carbocycles. The van der Waals surface area contributed by atoms with Gasteiger partial charge in [0.15, 0.2) is 0 Å². The summed E-state index contributed by atoms with van der Waals surface area (Å²) in [5.74, 6) is 0. The van der Waals surface area contributed by atoms with Crippen LogP contribution in [0.5, 0.6) is 0 Å². The Bertz CT molecular complexity index is 111. The van der Waals surface area contributed by atoms with Crippen LogP contribution in [0.15, 0.2) is 0 Å². The number of rotatable bonds is 0. The summed E-state index contributed by atoms with van der Waals surface area (Å²) in [5, 5.41) is 25.4. The summed E-state index contributed by atoms with van der Waals surface area (Å²) in [6.07, 6.45) is 0. The van der Waals surface area contributed by atoms with Gasteiger partial charge in [-0.1, -0.05) is 36.7 Å². The Balaban J connectivity index is -0.0000000257. The molecule has 0 aromatic carbocycles. The average Bonchev–Trinajstić information content (AvgIpc) is 1.70. The molecule has 0 amide bonds. The SMILES string of the molecule is [N-]=C=S.[N-]=C=S.[N-]=C=S.[Sc+3]. The summed E-state index contributed by atoms with van der Waals surface area (Å²) in [5.41, 5.74) is 0. The molecule has 0 bridgehead atoms. The number of thiocarbonyl (C=S) groups is 3. The van der Waals surface area contributed by atoms with E-state index in [0.29, 0.717) is 0 Å². The van der Waals surface area contributed by atoms with Crippen LogP contribution in [-0.2, 0) is 25.8 Å². The Morgan fingerprint density at radius 3 is 0.700 bits per heavy atom. The van der Waals surface area contributed by atoms with Crippen molar-refractivity contribution in [3.05, 3.63) is 16.2 Å². The molecule has 0 fully saturated rings. The molecule has 3 nitrogen and oxygen atoms in total. The van der Waals surface area contributed by atoms with Crippen LogP contribution in [0.3, 0.4) is 0 Å². The van der Waals surface area contributed by atoms with Gasteiger partial charge in [-0.3, -0.25) is 0 Å². The third-order valence-corrected chi connectivity index (χ3v) is 0. The smallest absolute Gasteiger partial charge is 0.753 e. The van der Waals surface area contributed by atoms with Crippen molar-refractivity contribution in [3.63, 3.8) is 0 Å². The first-order valence-electron chi connectivity index (χ1n) is 1.28. The van der Waals surface area contributed by atoms with Crippen molar-refractivity contribution in [2.45, 2.75) is 0 Å². The van der Waals surface area contributed by atoms with Crippen molar-refractivity contribution in [1.82, 2.24) is 0 Å². The molecule has 0 heterocycles. The topological polar surface area (TPSA) is 66.9 Å². The van der Waals surface area contributed by atoms with Gasteiger partial charge < -0.3 is 16.2 Å². The van der Waals surface area contributed by atoms with E-state index in [1.54, 1.807) is 0 Å². The van der Waals surface area contributed by atoms with E-state index in [0.717, 1.165) is 0 Å². The molecule has 0 N–H and O–H groups in total. The summed E-state index contributed by atoms with van der Waals surface area (Å²) in [4.78, 5) is 0. The van der Waals surface area contributed by atoms with E-state index in [4.69, 9.17) is 16.2 Å². The zero-order chi connectivity index (χ0) is 8.12. The van der Waals surface area contributed by atoms with Gasteiger partial charge in [0.05, 0.1) is 0 Å². The summed E-state index contributed by atoms with van der Waals surface area (Å²) in [7, 11) is 0. The van der Waals surface area contributed by atoms with Gasteiger partial charge in [-0.15, -0.1) is 0 Å². The summed E-state index contributed by atoms with van der Waals surface area (Å²) >= 11 is 11.1. The minimum Gasteiger partial charge on any atom is -0.753 e. The normalized spacial score (nSPS) is 2.40.